The molecule has 1 saturated heterocycles. The molecule has 24 heavy (non-hydrogen) atoms. The van der Waals surface area contributed by atoms with Crippen LogP contribution >= 0.6 is 0 Å². The molecule has 1 heterocycles. The molecule has 122 valence electrons. The summed E-state index contributed by atoms with van der Waals surface area (Å²) in [7, 11) is 0. The van der Waals surface area contributed by atoms with E-state index in [4.69, 9.17) is 4.74 Å². The molecule has 0 aromatic heterocycles. The number of hydrogen-bond donors (Lipinski definition) is 0. The molecule has 0 amide bonds. The molecular weight excluding hydrogens is 300 g/mol. The Hall–Kier alpha value is -2.16. The van der Waals surface area contributed by atoms with Crippen LogP contribution in [0.15, 0.2) is 42.0 Å². The number of carbonyl (C=O) groups is 2. The number of cyclic esters (lactones) is 2. The van der Waals surface area contributed by atoms with Crippen LogP contribution in [-0.4, -0.2) is 11.9 Å². The predicted octanol–water partition coefficient (Wildman–Crippen LogP) is 3.54. The van der Waals surface area contributed by atoms with Crippen molar-refractivity contribution in [3.63, 3.8) is 0 Å². The Morgan fingerprint density at radius 1 is 1.00 bits per heavy atom. The van der Waals surface area contributed by atoms with Crippen LogP contribution in [0.5, 0.6) is 0 Å². The molecular formula is C21H20O3. The molecule has 0 unspecified atom stereocenters. The lowest BCUT2D eigenvalue weighted by Gasteiger charge is -2.46. The van der Waals surface area contributed by atoms with E-state index in [1.807, 2.05) is 0 Å². The summed E-state index contributed by atoms with van der Waals surface area (Å²) in [6.45, 7) is 2.22. The Kier molecular flexibility index (Phi) is 2.91. The third kappa shape index (κ3) is 1.73. The number of ether oxygens (including phenoxy) is 1. The minimum Gasteiger partial charge on any atom is -0.393 e. The van der Waals surface area contributed by atoms with Crippen molar-refractivity contribution in [2.24, 2.45) is 29.6 Å². The second-order valence-electron chi connectivity index (χ2n) is 7.61. The molecule has 3 heteroatoms. The maximum Gasteiger partial charge on any atom is 0.318 e. The van der Waals surface area contributed by atoms with E-state index in [0.717, 1.165) is 19.3 Å². The molecule has 3 aliphatic carbocycles. The van der Waals surface area contributed by atoms with Gasteiger partial charge in [-0.25, -0.2) is 0 Å². The van der Waals surface area contributed by atoms with Gasteiger partial charge in [0.25, 0.3) is 0 Å². The van der Waals surface area contributed by atoms with Gasteiger partial charge in [0, 0.05) is 5.92 Å². The van der Waals surface area contributed by atoms with Crippen molar-refractivity contribution in [3.05, 3.63) is 53.1 Å². The van der Waals surface area contributed by atoms with Crippen LogP contribution in [0.2, 0.25) is 0 Å². The fourth-order valence-electron chi connectivity index (χ4n) is 5.55. The first kappa shape index (κ1) is 14.2. The first-order valence-corrected chi connectivity index (χ1v) is 8.88. The molecule has 5 rings (SSSR count). The average molecular weight is 320 g/mol. The highest BCUT2D eigenvalue weighted by molar-refractivity contribution is 6.00. The molecule has 0 bridgehead atoms. The molecule has 3 nitrogen and oxygen atoms in total. The lowest BCUT2D eigenvalue weighted by atomic mass is 9.55. The van der Waals surface area contributed by atoms with Crippen LogP contribution in [0.25, 0.3) is 5.57 Å². The molecule has 0 saturated carbocycles. The Morgan fingerprint density at radius 2 is 1.79 bits per heavy atom. The minimum absolute atomic E-state index is 0.113. The fourth-order valence-corrected chi connectivity index (χ4v) is 5.55. The second kappa shape index (κ2) is 4.92. The quantitative estimate of drug-likeness (QED) is 0.417. The van der Waals surface area contributed by atoms with Crippen LogP contribution in [0.3, 0.4) is 0 Å². The summed E-state index contributed by atoms with van der Waals surface area (Å²) in [6.07, 6.45) is 7.05. The summed E-state index contributed by atoms with van der Waals surface area (Å²) in [4.78, 5) is 24.9. The molecule has 5 atom stereocenters. The largest absolute Gasteiger partial charge is 0.393 e. The van der Waals surface area contributed by atoms with E-state index < -0.39 is 0 Å². The molecule has 1 aliphatic heterocycles. The van der Waals surface area contributed by atoms with Crippen molar-refractivity contribution >= 4 is 17.5 Å². The summed E-state index contributed by atoms with van der Waals surface area (Å²) in [6, 6.07) is 8.56. The van der Waals surface area contributed by atoms with Gasteiger partial charge in [-0.1, -0.05) is 48.9 Å². The monoisotopic (exact) mass is 320 g/mol. The predicted molar refractivity (Wildman–Crippen MR) is 89.7 cm³/mol. The van der Waals surface area contributed by atoms with Crippen LogP contribution in [0, 0.1) is 29.6 Å². The average Bonchev–Trinajstić information content (AvgIpc) is 2.89. The number of hydrogen-bond acceptors (Lipinski definition) is 3. The Balaban J connectivity index is 1.79. The SMILES string of the molecule is C[C@H]1Cc2ccccc2C2=C3CC=CC[C@H]3[C@H]3C(=O)OC(=O)[C@@H]3[C@H]21. The van der Waals surface area contributed by atoms with E-state index in [1.54, 1.807) is 0 Å². The number of fused-ring (bicyclic) bond motifs is 7. The van der Waals surface area contributed by atoms with Gasteiger partial charge in [-0.3, -0.25) is 9.59 Å². The molecule has 1 aromatic rings. The molecule has 0 spiro atoms. The number of carbonyl (C=O) groups excluding carboxylic acids is 2. The fraction of sp³-hybridized carbons (Fsp3) is 0.429. The van der Waals surface area contributed by atoms with E-state index in [9.17, 15) is 9.59 Å². The third-order valence-corrected chi connectivity index (χ3v) is 6.44. The second-order valence-corrected chi connectivity index (χ2v) is 7.61. The van der Waals surface area contributed by atoms with Gasteiger partial charge in [0.15, 0.2) is 0 Å². The van der Waals surface area contributed by atoms with Crippen molar-refractivity contribution in [3.8, 4) is 0 Å². The van der Waals surface area contributed by atoms with Crippen LogP contribution < -0.4 is 0 Å². The third-order valence-electron chi connectivity index (χ3n) is 6.44. The normalized spacial score (nSPS) is 36.6. The first-order chi connectivity index (χ1) is 11.7. The summed E-state index contributed by atoms with van der Waals surface area (Å²) in [5.74, 6) is -0.583. The van der Waals surface area contributed by atoms with E-state index in [1.165, 1.54) is 22.3 Å². The molecule has 4 aliphatic rings. The van der Waals surface area contributed by atoms with Crippen molar-refractivity contribution in [1.82, 2.24) is 0 Å². The first-order valence-electron chi connectivity index (χ1n) is 8.88. The highest BCUT2D eigenvalue weighted by atomic mass is 16.6. The maximum absolute atomic E-state index is 12.5. The summed E-state index contributed by atoms with van der Waals surface area (Å²) >= 11 is 0. The van der Waals surface area contributed by atoms with Gasteiger partial charge in [-0.15, -0.1) is 0 Å². The van der Waals surface area contributed by atoms with Gasteiger partial charge in [0.1, 0.15) is 0 Å². The Bertz CT molecular complexity index is 816. The molecule has 1 aromatic carbocycles. The summed E-state index contributed by atoms with van der Waals surface area (Å²) < 4.78 is 5.11. The van der Waals surface area contributed by atoms with E-state index in [-0.39, 0.29) is 35.6 Å². The number of esters is 2. The zero-order chi connectivity index (χ0) is 16.4. The minimum atomic E-state index is -0.299. The highest BCUT2D eigenvalue weighted by Gasteiger charge is 2.58. The van der Waals surface area contributed by atoms with E-state index >= 15 is 0 Å². The lowest BCUT2D eigenvalue weighted by Crippen LogP contribution is -2.43. The Labute approximate surface area is 141 Å². The van der Waals surface area contributed by atoms with E-state index in [0.29, 0.717) is 5.92 Å². The standard InChI is InChI=1S/C21H20O3/c1-11-10-12-6-2-3-7-13(12)17-14-8-4-5-9-15(14)18-19(16(11)17)21(23)24-20(18)22/h2-7,11,15-16,18-19H,8-10H2,1H3/t11-,15+,16-,18+,19+/m0/s1. The van der Waals surface area contributed by atoms with Gasteiger partial charge in [0.05, 0.1) is 11.8 Å². The maximum atomic E-state index is 12.5. The number of allylic oxidation sites excluding steroid dienone is 4. The van der Waals surface area contributed by atoms with Crippen LogP contribution in [-0.2, 0) is 20.7 Å². The van der Waals surface area contributed by atoms with Gasteiger partial charge >= 0.3 is 11.9 Å². The number of rotatable bonds is 0. The van der Waals surface area contributed by atoms with Crippen molar-refractivity contribution in [1.29, 1.82) is 0 Å². The number of benzene rings is 1. The van der Waals surface area contributed by atoms with Crippen molar-refractivity contribution < 1.29 is 14.3 Å². The van der Waals surface area contributed by atoms with E-state index in [2.05, 4.69) is 43.3 Å². The van der Waals surface area contributed by atoms with Gasteiger partial charge in [-0.05, 0) is 47.8 Å². The summed E-state index contributed by atoms with van der Waals surface area (Å²) in [5.41, 5.74) is 5.37. The van der Waals surface area contributed by atoms with Gasteiger partial charge < -0.3 is 4.74 Å². The van der Waals surface area contributed by atoms with Crippen molar-refractivity contribution in [2.45, 2.75) is 26.2 Å². The smallest absolute Gasteiger partial charge is 0.318 e. The Morgan fingerprint density at radius 3 is 2.67 bits per heavy atom. The van der Waals surface area contributed by atoms with Crippen LogP contribution in [0.1, 0.15) is 30.9 Å². The lowest BCUT2D eigenvalue weighted by molar-refractivity contribution is -0.154. The van der Waals surface area contributed by atoms with Crippen molar-refractivity contribution in [2.75, 3.05) is 0 Å². The zero-order valence-electron chi connectivity index (χ0n) is 13.7. The van der Waals surface area contributed by atoms with Crippen LogP contribution in [0.4, 0.5) is 0 Å². The zero-order valence-corrected chi connectivity index (χ0v) is 13.7. The summed E-state index contributed by atoms with van der Waals surface area (Å²) in [5, 5.41) is 0. The van der Waals surface area contributed by atoms with Gasteiger partial charge in [-0.2, -0.15) is 0 Å². The molecule has 0 N–H and O–H groups in total. The van der Waals surface area contributed by atoms with Gasteiger partial charge in [0.2, 0.25) is 0 Å². The molecule has 1 fully saturated rings. The molecule has 0 radical (unpaired) electrons. The topological polar surface area (TPSA) is 43.4 Å². The highest BCUT2D eigenvalue weighted by Crippen LogP contribution is 2.57.